The minimum atomic E-state index is -1.15. The lowest BCUT2D eigenvalue weighted by atomic mass is 10.1. The van der Waals surface area contributed by atoms with Gasteiger partial charge in [-0.2, -0.15) is 0 Å². The van der Waals surface area contributed by atoms with Crippen molar-refractivity contribution in [2.24, 2.45) is 0 Å². The molecule has 3 aromatic rings. The number of fused-ring (bicyclic) bond motifs is 2. The largest absolute Gasteiger partial charge is 0.477 e. The molecule has 2 aliphatic heterocycles. The molecule has 14 heteroatoms. The first-order valence-corrected chi connectivity index (χ1v) is 10.5. The van der Waals surface area contributed by atoms with Gasteiger partial charge in [-0.1, -0.05) is 0 Å². The number of urea groups is 1. The predicted octanol–water partition coefficient (Wildman–Crippen LogP) is 0.779. The Morgan fingerprint density at radius 3 is 2.91 bits per heavy atom. The number of nitrogens with one attached hydrogen (secondary N) is 2. The highest BCUT2D eigenvalue weighted by molar-refractivity contribution is 5.95. The van der Waals surface area contributed by atoms with E-state index in [0.717, 1.165) is 0 Å². The maximum atomic E-state index is 11.9. The fourth-order valence-corrected chi connectivity index (χ4v) is 3.91. The zero-order valence-corrected chi connectivity index (χ0v) is 18.0. The molecule has 0 aliphatic carbocycles. The van der Waals surface area contributed by atoms with Crippen molar-refractivity contribution >= 4 is 29.0 Å². The van der Waals surface area contributed by atoms with Gasteiger partial charge in [0.05, 0.1) is 6.33 Å². The van der Waals surface area contributed by atoms with Gasteiger partial charge >= 0.3 is 12.0 Å². The predicted molar refractivity (Wildman–Crippen MR) is 113 cm³/mol. The monoisotopic (exact) mass is 471 g/mol. The standard InChI is InChI=1S/C20H21N7O7/c1-2-21-20(30)26-15-12-16(24-7-23-15)27(8-25-12)18-14-13(32-9-33-14)11(34-18)6-31-17-10(19(28)29)4-3-5-22-17/h3-5,7-8,11,13-14,18H,2,6,9H2,1H3,(H,28,29)(H2,21,23,24,26,30). The van der Waals surface area contributed by atoms with Crippen LogP contribution in [0.25, 0.3) is 11.2 Å². The third-order valence-corrected chi connectivity index (χ3v) is 5.39. The summed E-state index contributed by atoms with van der Waals surface area (Å²) >= 11 is 0. The highest BCUT2D eigenvalue weighted by Crippen LogP contribution is 2.38. The number of aromatic nitrogens is 5. The molecule has 178 valence electrons. The Hall–Kier alpha value is -3.88. The summed E-state index contributed by atoms with van der Waals surface area (Å²) in [7, 11) is 0. The van der Waals surface area contributed by atoms with Crippen LogP contribution in [0, 0.1) is 0 Å². The van der Waals surface area contributed by atoms with Gasteiger partial charge in [-0.05, 0) is 19.1 Å². The molecule has 4 atom stereocenters. The molecule has 5 heterocycles. The van der Waals surface area contributed by atoms with Gasteiger partial charge in [0.1, 0.15) is 43.6 Å². The number of hydrogen-bond donors (Lipinski definition) is 3. The highest BCUT2D eigenvalue weighted by atomic mass is 16.7. The van der Waals surface area contributed by atoms with E-state index in [1.165, 1.54) is 31.0 Å². The number of carbonyl (C=O) groups excluding carboxylic acids is 1. The van der Waals surface area contributed by atoms with Crippen molar-refractivity contribution in [2.75, 3.05) is 25.3 Å². The van der Waals surface area contributed by atoms with E-state index in [1.807, 2.05) is 0 Å². The number of amides is 2. The quantitative estimate of drug-likeness (QED) is 0.444. The summed E-state index contributed by atoms with van der Waals surface area (Å²) in [6.07, 6.45) is 2.11. The Morgan fingerprint density at radius 1 is 1.24 bits per heavy atom. The number of hydrogen-bond acceptors (Lipinski definition) is 10. The van der Waals surface area contributed by atoms with Crippen LogP contribution in [0.15, 0.2) is 31.0 Å². The Balaban J connectivity index is 1.37. The van der Waals surface area contributed by atoms with Crippen LogP contribution < -0.4 is 15.4 Å². The second-order valence-corrected chi connectivity index (χ2v) is 7.45. The molecule has 0 bridgehead atoms. The van der Waals surface area contributed by atoms with Gasteiger partial charge in [0.2, 0.25) is 5.88 Å². The fourth-order valence-electron chi connectivity index (χ4n) is 3.91. The zero-order chi connectivity index (χ0) is 23.7. The molecule has 3 N–H and O–H groups in total. The number of pyridine rings is 1. The number of ether oxygens (including phenoxy) is 4. The lowest BCUT2D eigenvalue weighted by Gasteiger charge is -2.19. The summed E-state index contributed by atoms with van der Waals surface area (Å²) in [6, 6.07) is 2.52. The summed E-state index contributed by atoms with van der Waals surface area (Å²) in [6.45, 7) is 2.32. The van der Waals surface area contributed by atoms with Crippen molar-refractivity contribution in [1.29, 1.82) is 0 Å². The van der Waals surface area contributed by atoms with Crippen LogP contribution in [0.5, 0.6) is 5.88 Å². The zero-order valence-electron chi connectivity index (χ0n) is 18.0. The van der Waals surface area contributed by atoms with Crippen LogP contribution >= 0.6 is 0 Å². The SMILES string of the molecule is CCNC(=O)Nc1ncnc2c1ncn2C1OC(COc2ncccc2C(=O)O)C2OCOC21. The van der Waals surface area contributed by atoms with E-state index in [2.05, 4.69) is 30.6 Å². The minimum Gasteiger partial charge on any atom is -0.477 e. The minimum absolute atomic E-state index is 0.00999. The van der Waals surface area contributed by atoms with Gasteiger partial charge in [-0.25, -0.2) is 29.5 Å². The van der Waals surface area contributed by atoms with Gasteiger partial charge in [-0.3, -0.25) is 9.88 Å². The Morgan fingerprint density at radius 2 is 2.09 bits per heavy atom. The summed E-state index contributed by atoms with van der Waals surface area (Å²) in [4.78, 5) is 40.1. The average molecular weight is 471 g/mol. The maximum Gasteiger partial charge on any atom is 0.341 e. The summed E-state index contributed by atoms with van der Waals surface area (Å²) in [5, 5.41) is 14.6. The fraction of sp³-hybridized carbons (Fsp3) is 0.400. The summed E-state index contributed by atoms with van der Waals surface area (Å²) in [5.74, 6) is -0.906. The molecule has 14 nitrogen and oxygen atoms in total. The number of imidazole rings is 1. The molecule has 0 radical (unpaired) electrons. The van der Waals surface area contributed by atoms with Crippen LogP contribution in [0.2, 0.25) is 0 Å². The van der Waals surface area contributed by atoms with E-state index in [9.17, 15) is 14.7 Å². The molecule has 2 fully saturated rings. The third kappa shape index (κ3) is 3.98. The van der Waals surface area contributed by atoms with E-state index >= 15 is 0 Å². The van der Waals surface area contributed by atoms with Crippen molar-refractivity contribution < 1.29 is 33.6 Å². The van der Waals surface area contributed by atoms with Crippen molar-refractivity contribution in [3.63, 3.8) is 0 Å². The number of carboxylic acids is 1. The lowest BCUT2D eigenvalue weighted by Crippen LogP contribution is -2.33. The van der Waals surface area contributed by atoms with E-state index in [-0.39, 0.29) is 30.7 Å². The van der Waals surface area contributed by atoms with E-state index in [1.54, 1.807) is 11.5 Å². The van der Waals surface area contributed by atoms with Crippen molar-refractivity contribution in [3.8, 4) is 5.88 Å². The Labute approximate surface area is 192 Å². The molecule has 2 saturated heterocycles. The lowest BCUT2D eigenvalue weighted by molar-refractivity contribution is -0.106. The Bertz CT molecular complexity index is 1220. The maximum absolute atomic E-state index is 11.9. The molecular formula is C20H21N7O7. The second-order valence-electron chi connectivity index (χ2n) is 7.45. The highest BCUT2D eigenvalue weighted by Gasteiger charge is 2.51. The van der Waals surface area contributed by atoms with Crippen LogP contribution in [0.4, 0.5) is 10.6 Å². The van der Waals surface area contributed by atoms with Crippen molar-refractivity contribution in [2.45, 2.75) is 31.5 Å². The second kappa shape index (κ2) is 9.17. The summed E-state index contributed by atoms with van der Waals surface area (Å²) < 4.78 is 25.0. The third-order valence-electron chi connectivity index (χ3n) is 5.39. The number of aromatic carboxylic acids is 1. The van der Waals surface area contributed by atoms with Crippen molar-refractivity contribution in [1.82, 2.24) is 29.8 Å². The number of carbonyl (C=O) groups is 2. The van der Waals surface area contributed by atoms with Crippen LogP contribution in [0.1, 0.15) is 23.5 Å². The molecule has 3 aromatic heterocycles. The van der Waals surface area contributed by atoms with Crippen LogP contribution in [-0.4, -0.2) is 79.9 Å². The molecule has 34 heavy (non-hydrogen) atoms. The van der Waals surface area contributed by atoms with Gasteiger partial charge in [0, 0.05) is 12.7 Å². The van der Waals surface area contributed by atoms with Crippen LogP contribution in [-0.2, 0) is 14.2 Å². The smallest absolute Gasteiger partial charge is 0.341 e. The molecule has 0 saturated carbocycles. The normalized spacial score (nSPS) is 23.6. The van der Waals surface area contributed by atoms with Gasteiger partial charge in [0.25, 0.3) is 0 Å². The Kier molecular flexibility index (Phi) is 5.91. The first-order chi connectivity index (χ1) is 16.6. The molecule has 0 aromatic carbocycles. The number of rotatable bonds is 7. The average Bonchev–Trinajstić information content (AvgIpc) is 3.54. The van der Waals surface area contributed by atoms with Gasteiger partial charge in [0.15, 0.2) is 23.2 Å². The number of carboxylic acid groups (broad SMARTS) is 1. The number of anilines is 1. The molecule has 2 aliphatic rings. The molecule has 5 rings (SSSR count). The topological polar surface area (TPSA) is 172 Å². The molecule has 4 unspecified atom stereocenters. The molecular weight excluding hydrogens is 450 g/mol. The van der Waals surface area contributed by atoms with Crippen molar-refractivity contribution in [3.05, 3.63) is 36.5 Å². The van der Waals surface area contributed by atoms with Gasteiger partial charge in [-0.15, -0.1) is 0 Å². The van der Waals surface area contributed by atoms with E-state index in [0.29, 0.717) is 17.7 Å². The van der Waals surface area contributed by atoms with E-state index < -0.39 is 36.5 Å². The first kappa shape index (κ1) is 21.9. The molecule has 2 amide bonds. The van der Waals surface area contributed by atoms with E-state index in [4.69, 9.17) is 18.9 Å². The number of nitrogens with zero attached hydrogens (tertiary/aromatic N) is 5. The molecule has 0 spiro atoms. The van der Waals surface area contributed by atoms with Crippen LogP contribution in [0.3, 0.4) is 0 Å². The van der Waals surface area contributed by atoms with Gasteiger partial charge < -0.3 is 29.4 Å². The first-order valence-electron chi connectivity index (χ1n) is 10.5. The summed E-state index contributed by atoms with van der Waals surface area (Å²) in [5.41, 5.74) is 0.759.